The third kappa shape index (κ3) is 5.09. The molecule has 0 aliphatic heterocycles. The quantitative estimate of drug-likeness (QED) is 0.685. The van der Waals surface area contributed by atoms with Crippen molar-refractivity contribution >= 4 is 11.8 Å². The minimum atomic E-state index is -0.592. The molecule has 1 aliphatic rings. The van der Waals surface area contributed by atoms with E-state index < -0.39 is 6.10 Å². The molecule has 8 heteroatoms. The maximum absolute atomic E-state index is 10.2. The number of thioether (sulfide) groups is 1. The summed E-state index contributed by atoms with van der Waals surface area (Å²) in [5.74, 6) is 2.01. The van der Waals surface area contributed by atoms with E-state index in [1.165, 1.54) is 24.6 Å². The van der Waals surface area contributed by atoms with E-state index in [1.54, 1.807) is 0 Å². The summed E-state index contributed by atoms with van der Waals surface area (Å²) in [4.78, 5) is 0. The molecule has 0 amide bonds. The fourth-order valence-electron chi connectivity index (χ4n) is 2.87. The topological polar surface area (TPSA) is 82.3 Å². The second-order valence-corrected chi connectivity index (χ2v) is 7.01. The maximum atomic E-state index is 10.2. The van der Waals surface area contributed by atoms with Gasteiger partial charge in [-0.15, -0.1) is 5.10 Å². The zero-order valence-electron chi connectivity index (χ0n) is 14.4. The molecule has 1 atom stereocenters. The number of ether oxygens (including phenoxy) is 2. The van der Waals surface area contributed by atoms with Crippen molar-refractivity contribution < 1.29 is 14.6 Å². The fourth-order valence-corrected chi connectivity index (χ4v) is 3.72. The van der Waals surface area contributed by atoms with Crippen LogP contribution in [0.15, 0.2) is 29.4 Å². The molecule has 1 aromatic heterocycles. The van der Waals surface area contributed by atoms with Gasteiger partial charge in [0, 0.05) is 5.75 Å². The van der Waals surface area contributed by atoms with Crippen molar-refractivity contribution in [2.75, 3.05) is 19.0 Å². The average Bonchev–Trinajstić information content (AvgIpc) is 3.30. The molecule has 1 heterocycles. The summed E-state index contributed by atoms with van der Waals surface area (Å²) < 4.78 is 12.9. The van der Waals surface area contributed by atoms with Crippen LogP contribution in [0.2, 0.25) is 0 Å². The predicted molar refractivity (Wildman–Crippen MR) is 95.2 cm³/mol. The van der Waals surface area contributed by atoms with Crippen LogP contribution in [0.4, 0.5) is 0 Å². The molecule has 2 aromatic rings. The Morgan fingerprint density at radius 3 is 2.56 bits per heavy atom. The highest BCUT2D eigenvalue weighted by Gasteiger charge is 2.22. The lowest BCUT2D eigenvalue weighted by Gasteiger charge is -2.14. The van der Waals surface area contributed by atoms with Gasteiger partial charge in [0.2, 0.25) is 5.16 Å². The molecule has 0 radical (unpaired) electrons. The van der Waals surface area contributed by atoms with Crippen LogP contribution in [0.3, 0.4) is 0 Å². The molecule has 136 valence electrons. The zero-order chi connectivity index (χ0) is 17.5. The molecule has 1 aromatic carbocycles. The maximum Gasteiger partial charge on any atom is 0.209 e. The minimum absolute atomic E-state index is 0.228. The number of nitrogens with zero attached hydrogens (tertiary/aromatic N) is 4. The van der Waals surface area contributed by atoms with Gasteiger partial charge in [0.15, 0.2) is 0 Å². The Hall–Kier alpha value is -1.80. The highest BCUT2D eigenvalue weighted by molar-refractivity contribution is 7.99. The monoisotopic (exact) mass is 364 g/mol. The van der Waals surface area contributed by atoms with E-state index in [0.717, 1.165) is 23.7 Å². The van der Waals surface area contributed by atoms with Crippen molar-refractivity contribution in [3.05, 3.63) is 24.3 Å². The number of benzene rings is 1. The van der Waals surface area contributed by atoms with Crippen LogP contribution in [0.5, 0.6) is 11.5 Å². The molecule has 1 aliphatic carbocycles. The summed E-state index contributed by atoms with van der Waals surface area (Å²) in [6, 6.07) is 7.79. The molecule has 0 spiro atoms. The van der Waals surface area contributed by atoms with Gasteiger partial charge in [-0.1, -0.05) is 24.6 Å². The van der Waals surface area contributed by atoms with Gasteiger partial charge in [-0.2, -0.15) is 0 Å². The molecule has 7 nitrogen and oxygen atoms in total. The van der Waals surface area contributed by atoms with Gasteiger partial charge in [-0.25, -0.2) is 4.68 Å². The first-order valence-electron chi connectivity index (χ1n) is 8.70. The summed E-state index contributed by atoms with van der Waals surface area (Å²) in [5, 5.41) is 22.9. The normalized spacial score (nSPS) is 16.1. The van der Waals surface area contributed by atoms with Crippen LogP contribution in [0.1, 0.15) is 38.6 Å². The first-order chi connectivity index (χ1) is 12.3. The number of rotatable bonds is 9. The molecule has 1 saturated carbocycles. The van der Waals surface area contributed by atoms with E-state index in [-0.39, 0.29) is 6.61 Å². The Bertz CT molecular complexity index is 644. The smallest absolute Gasteiger partial charge is 0.209 e. The van der Waals surface area contributed by atoms with Crippen LogP contribution < -0.4 is 9.47 Å². The second-order valence-electron chi connectivity index (χ2n) is 6.02. The summed E-state index contributed by atoms with van der Waals surface area (Å²) in [6.45, 7) is 2.81. The first-order valence-corrected chi connectivity index (χ1v) is 9.69. The molecule has 25 heavy (non-hydrogen) atoms. The van der Waals surface area contributed by atoms with E-state index in [0.29, 0.717) is 24.2 Å². The van der Waals surface area contributed by atoms with Crippen LogP contribution in [-0.2, 0) is 0 Å². The van der Waals surface area contributed by atoms with Crippen molar-refractivity contribution in [2.24, 2.45) is 0 Å². The molecule has 3 rings (SSSR count). The van der Waals surface area contributed by atoms with Gasteiger partial charge in [0.05, 0.1) is 18.8 Å². The lowest BCUT2D eigenvalue weighted by atomic mass is 10.3. The van der Waals surface area contributed by atoms with Crippen LogP contribution in [0, 0.1) is 0 Å². The Morgan fingerprint density at radius 1 is 1.20 bits per heavy atom. The van der Waals surface area contributed by atoms with Gasteiger partial charge in [-0.05, 0) is 54.5 Å². The molecule has 0 bridgehead atoms. The summed E-state index contributed by atoms with van der Waals surface area (Å²) >= 11 is 1.47. The van der Waals surface area contributed by atoms with Crippen molar-refractivity contribution in [3.63, 3.8) is 0 Å². The third-order valence-electron chi connectivity index (χ3n) is 4.12. The van der Waals surface area contributed by atoms with Crippen molar-refractivity contribution in [3.8, 4) is 11.5 Å². The fraction of sp³-hybridized carbons (Fsp3) is 0.588. The third-order valence-corrected chi connectivity index (χ3v) is 5.19. The summed E-state index contributed by atoms with van der Waals surface area (Å²) in [7, 11) is 0. The second kappa shape index (κ2) is 9.05. The van der Waals surface area contributed by atoms with Gasteiger partial charge < -0.3 is 14.6 Å². The Balaban J connectivity index is 1.44. The molecular weight excluding hydrogens is 340 g/mol. The number of tetrazole rings is 1. The van der Waals surface area contributed by atoms with E-state index in [2.05, 4.69) is 15.5 Å². The highest BCUT2D eigenvalue weighted by Crippen LogP contribution is 2.31. The largest absolute Gasteiger partial charge is 0.494 e. The molecule has 1 N–H and O–H groups in total. The standard InChI is InChI=1S/C17H24N4O3S/c1-2-23-15-7-9-16(10-8-15)24-11-14(22)12-25-17-18-19-20-21(17)13-5-3-4-6-13/h7-10,13-14,22H,2-6,11-12H2,1H3/t14-/m1/s1. The van der Waals surface area contributed by atoms with Gasteiger partial charge >= 0.3 is 0 Å². The number of aromatic nitrogens is 4. The molecule has 0 saturated heterocycles. The van der Waals surface area contributed by atoms with Crippen LogP contribution in [-0.4, -0.2) is 50.4 Å². The average molecular weight is 364 g/mol. The van der Waals surface area contributed by atoms with E-state index in [1.807, 2.05) is 35.9 Å². The molecule has 1 fully saturated rings. The van der Waals surface area contributed by atoms with E-state index >= 15 is 0 Å². The summed E-state index contributed by atoms with van der Waals surface area (Å²) in [6.07, 6.45) is 4.12. The van der Waals surface area contributed by atoms with Crippen molar-refractivity contribution in [1.29, 1.82) is 0 Å². The summed E-state index contributed by atoms with van der Waals surface area (Å²) in [5.41, 5.74) is 0. The lowest BCUT2D eigenvalue weighted by Crippen LogP contribution is -2.20. The number of hydrogen-bond donors (Lipinski definition) is 1. The van der Waals surface area contributed by atoms with Gasteiger partial charge in [-0.3, -0.25) is 0 Å². The molecular formula is C17H24N4O3S. The number of aliphatic hydroxyl groups excluding tert-OH is 1. The first kappa shape index (κ1) is 18.0. The zero-order valence-corrected chi connectivity index (χ0v) is 15.2. The Kier molecular flexibility index (Phi) is 6.52. The van der Waals surface area contributed by atoms with Crippen LogP contribution >= 0.6 is 11.8 Å². The lowest BCUT2D eigenvalue weighted by molar-refractivity contribution is 0.126. The Labute approximate surface area is 151 Å². The van der Waals surface area contributed by atoms with Crippen LogP contribution in [0.25, 0.3) is 0 Å². The highest BCUT2D eigenvalue weighted by atomic mass is 32.2. The minimum Gasteiger partial charge on any atom is -0.494 e. The predicted octanol–water partition coefficient (Wildman–Crippen LogP) is 2.72. The molecule has 0 unspecified atom stereocenters. The van der Waals surface area contributed by atoms with Crippen molar-refractivity contribution in [2.45, 2.75) is 49.9 Å². The van der Waals surface area contributed by atoms with E-state index in [4.69, 9.17) is 9.47 Å². The number of hydrogen-bond acceptors (Lipinski definition) is 7. The SMILES string of the molecule is CCOc1ccc(OC[C@@H](O)CSc2nnnn2C2CCCC2)cc1. The van der Waals surface area contributed by atoms with Gasteiger partial charge in [0.1, 0.15) is 18.1 Å². The number of aliphatic hydroxyl groups is 1. The Morgan fingerprint density at radius 2 is 1.88 bits per heavy atom. The van der Waals surface area contributed by atoms with E-state index in [9.17, 15) is 5.11 Å². The van der Waals surface area contributed by atoms with Gasteiger partial charge in [0.25, 0.3) is 0 Å². The van der Waals surface area contributed by atoms with Crippen molar-refractivity contribution in [1.82, 2.24) is 20.2 Å².